The molecular formula is C44H87N7O5. The predicted molar refractivity (Wildman–Crippen MR) is 230 cm³/mol. The molecule has 2 atom stereocenters. The number of hydrogen-bond donors (Lipinski definition) is 5. The molecule has 0 fully saturated rings. The summed E-state index contributed by atoms with van der Waals surface area (Å²) in [6.07, 6.45) is 22.1. The molecule has 8 N–H and O–H groups in total. The van der Waals surface area contributed by atoms with Crippen LogP contribution in [0.3, 0.4) is 0 Å². The second-order valence-corrected chi connectivity index (χ2v) is 16.7. The van der Waals surface area contributed by atoms with Gasteiger partial charge in [-0.2, -0.15) is 0 Å². The smallest absolute Gasteiger partial charge is 0.242 e. The van der Waals surface area contributed by atoms with Crippen LogP contribution < -0.4 is 27.8 Å². The lowest BCUT2D eigenvalue weighted by molar-refractivity contribution is -0.142. The molecular weight excluding hydrogens is 707 g/mol. The molecule has 0 saturated heterocycles. The van der Waals surface area contributed by atoms with E-state index in [-0.39, 0.29) is 56.2 Å². The van der Waals surface area contributed by atoms with E-state index >= 15 is 0 Å². The molecule has 0 saturated carbocycles. The quantitative estimate of drug-likeness (QED) is 0.0429. The van der Waals surface area contributed by atoms with Gasteiger partial charge in [0.15, 0.2) is 0 Å². The van der Waals surface area contributed by atoms with Crippen LogP contribution in [0.5, 0.6) is 0 Å². The number of nitrogens with zero attached hydrogens (tertiary/aromatic N) is 2. The minimum absolute atomic E-state index is 0.0375. The summed E-state index contributed by atoms with van der Waals surface area (Å²) in [6, 6.07) is -1.56. The maximum Gasteiger partial charge on any atom is 0.242 e. The third-order valence-corrected chi connectivity index (χ3v) is 10.6. The molecule has 0 radical (unpaired) electrons. The van der Waals surface area contributed by atoms with E-state index in [0.29, 0.717) is 89.1 Å². The first-order valence-corrected chi connectivity index (χ1v) is 22.7. The normalized spacial score (nSPS) is 12.4. The second kappa shape index (κ2) is 35.4. The topological polar surface area (TPSA) is 194 Å². The molecule has 0 aromatic rings. The molecule has 12 nitrogen and oxygen atoms in total. The van der Waals surface area contributed by atoms with Crippen molar-refractivity contribution in [3.05, 3.63) is 0 Å². The number of carbonyl (C=O) groups excluding carboxylic acids is 5. The molecule has 0 aromatic carbocycles. The highest BCUT2D eigenvalue weighted by molar-refractivity contribution is 5.88. The van der Waals surface area contributed by atoms with E-state index < -0.39 is 18.0 Å². The lowest BCUT2D eigenvalue weighted by atomic mass is 10.0. The Morgan fingerprint density at radius 2 is 0.911 bits per heavy atom. The minimum atomic E-state index is -0.795. The first kappa shape index (κ1) is 53.3. The Labute approximate surface area is 342 Å². The van der Waals surface area contributed by atoms with Crippen LogP contribution in [0.2, 0.25) is 0 Å². The fraction of sp³-hybridized carbons (Fsp3) is 0.886. The van der Waals surface area contributed by atoms with Gasteiger partial charge in [-0.3, -0.25) is 24.0 Å². The number of nitrogens with one attached hydrogen (secondary N) is 2. The van der Waals surface area contributed by atoms with E-state index in [1.54, 1.807) is 4.90 Å². The molecule has 0 aliphatic carbocycles. The van der Waals surface area contributed by atoms with Crippen LogP contribution in [-0.2, 0) is 24.0 Å². The average molecular weight is 794 g/mol. The van der Waals surface area contributed by atoms with Gasteiger partial charge in [0.05, 0.1) is 0 Å². The molecule has 0 heterocycles. The Bertz CT molecular complexity index is 1040. The molecule has 0 aromatic heterocycles. The van der Waals surface area contributed by atoms with Gasteiger partial charge in [0.1, 0.15) is 12.1 Å². The number of amides is 5. The van der Waals surface area contributed by atoms with E-state index in [2.05, 4.69) is 31.4 Å². The molecule has 0 aliphatic heterocycles. The largest absolute Gasteiger partial charge is 0.368 e. The van der Waals surface area contributed by atoms with Crippen molar-refractivity contribution in [2.75, 3.05) is 39.3 Å². The number of carbonyl (C=O) groups is 5. The van der Waals surface area contributed by atoms with Crippen LogP contribution in [0.1, 0.15) is 189 Å². The number of unbranched alkanes of at least 4 members (excludes halogenated alkanes) is 14. The molecule has 0 aliphatic rings. The van der Waals surface area contributed by atoms with Gasteiger partial charge in [-0.1, -0.05) is 112 Å². The third kappa shape index (κ3) is 27.8. The van der Waals surface area contributed by atoms with Gasteiger partial charge in [0.2, 0.25) is 29.5 Å². The van der Waals surface area contributed by atoms with E-state index in [4.69, 9.17) is 17.2 Å². The third-order valence-electron chi connectivity index (χ3n) is 10.6. The average Bonchev–Trinajstić information content (AvgIpc) is 3.15. The fourth-order valence-electron chi connectivity index (χ4n) is 6.99. The van der Waals surface area contributed by atoms with Crippen LogP contribution in [0.15, 0.2) is 0 Å². The molecule has 0 spiro atoms. The SMILES string of the molecule is CCCCCCCCCCCCCCCC(=O)NCCN(C(=O)CCC(C)C)[C@@H](CCCCN)C(=O)NCCN(C(=O)CCC(C)C)[C@@H](CCCCN)C(N)=O. The lowest BCUT2D eigenvalue weighted by Crippen LogP contribution is -2.54. The molecule has 12 heteroatoms. The lowest BCUT2D eigenvalue weighted by Gasteiger charge is -2.33. The summed E-state index contributed by atoms with van der Waals surface area (Å²) in [4.78, 5) is 69.4. The molecule has 0 unspecified atom stereocenters. The molecule has 328 valence electrons. The molecule has 5 amide bonds. The summed E-state index contributed by atoms with van der Waals surface area (Å²) in [5, 5.41) is 5.96. The minimum Gasteiger partial charge on any atom is -0.368 e. The maximum absolute atomic E-state index is 13.9. The highest BCUT2D eigenvalue weighted by Crippen LogP contribution is 2.17. The fourth-order valence-corrected chi connectivity index (χ4v) is 6.99. The maximum atomic E-state index is 13.9. The van der Waals surface area contributed by atoms with Gasteiger partial charge in [0, 0.05) is 45.4 Å². The molecule has 0 rings (SSSR count). The van der Waals surface area contributed by atoms with Gasteiger partial charge in [-0.05, 0) is 82.7 Å². The van der Waals surface area contributed by atoms with Crippen molar-refractivity contribution in [3.8, 4) is 0 Å². The van der Waals surface area contributed by atoms with Crippen molar-refractivity contribution < 1.29 is 24.0 Å². The molecule has 56 heavy (non-hydrogen) atoms. The Hall–Kier alpha value is -2.73. The summed E-state index contributed by atoms with van der Waals surface area (Å²) in [5.41, 5.74) is 17.3. The van der Waals surface area contributed by atoms with Crippen LogP contribution in [0.25, 0.3) is 0 Å². The van der Waals surface area contributed by atoms with Gasteiger partial charge in [-0.25, -0.2) is 0 Å². The van der Waals surface area contributed by atoms with Crippen LogP contribution in [-0.4, -0.2) is 90.7 Å². The second-order valence-electron chi connectivity index (χ2n) is 16.7. The summed E-state index contributed by atoms with van der Waals surface area (Å²) in [6.45, 7) is 12.1. The number of nitrogens with two attached hydrogens (primary N) is 3. The van der Waals surface area contributed by atoms with Crippen molar-refractivity contribution in [1.82, 2.24) is 20.4 Å². The molecule has 0 bridgehead atoms. The van der Waals surface area contributed by atoms with Crippen molar-refractivity contribution in [3.63, 3.8) is 0 Å². The number of primary amides is 1. The summed E-state index contributed by atoms with van der Waals surface area (Å²) < 4.78 is 0. The van der Waals surface area contributed by atoms with Crippen LogP contribution in [0, 0.1) is 11.8 Å². The highest BCUT2D eigenvalue weighted by Gasteiger charge is 2.31. The van der Waals surface area contributed by atoms with E-state index in [1.165, 1.54) is 69.1 Å². The first-order valence-electron chi connectivity index (χ1n) is 22.7. The van der Waals surface area contributed by atoms with Crippen molar-refractivity contribution >= 4 is 29.5 Å². The summed E-state index contributed by atoms with van der Waals surface area (Å²) in [7, 11) is 0. The monoisotopic (exact) mass is 794 g/mol. The van der Waals surface area contributed by atoms with Gasteiger partial charge in [0.25, 0.3) is 0 Å². The number of hydrogen-bond acceptors (Lipinski definition) is 7. The highest BCUT2D eigenvalue weighted by atomic mass is 16.2. The Kier molecular flexibility index (Phi) is 33.7. The van der Waals surface area contributed by atoms with Crippen LogP contribution in [0.4, 0.5) is 0 Å². The van der Waals surface area contributed by atoms with Gasteiger partial charge < -0.3 is 37.6 Å². The summed E-state index contributed by atoms with van der Waals surface area (Å²) in [5.74, 6) is -0.629. The predicted octanol–water partition coefficient (Wildman–Crippen LogP) is 6.71. The van der Waals surface area contributed by atoms with Gasteiger partial charge in [-0.15, -0.1) is 0 Å². The van der Waals surface area contributed by atoms with E-state index in [1.807, 2.05) is 13.8 Å². The Morgan fingerprint density at radius 3 is 1.34 bits per heavy atom. The Balaban J connectivity index is 5.40. The van der Waals surface area contributed by atoms with Crippen molar-refractivity contribution in [2.24, 2.45) is 29.0 Å². The van der Waals surface area contributed by atoms with Crippen LogP contribution >= 0.6 is 0 Å². The summed E-state index contributed by atoms with van der Waals surface area (Å²) >= 11 is 0. The zero-order valence-corrected chi connectivity index (χ0v) is 36.7. The standard InChI is InChI=1S/C44H87N7O5/c1-6-7-8-9-10-11-12-13-14-15-16-17-18-25-40(52)48-32-34-51(42(54)29-27-37(4)5)39(24-20-22-31-46)44(56)49-33-35-50(41(53)28-26-36(2)3)38(43(47)55)23-19-21-30-45/h36-39H,6-35,45-46H2,1-5H3,(H2,47,55)(H,48,52)(H,49,56)/t38-,39-/m0/s1. The zero-order chi connectivity index (χ0) is 42.0. The van der Waals surface area contributed by atoms with Crippen molar-refractivity contribution in [1.29, 1.82) is 0 Å². The van der Waals surface area contributed by atoms with Gasteiger partial charge >= 0.3 is 0 Å². The number of rotatable bonds is 38. The first-order chi connectivity index (χ1) is 26.9. The van der Waals surface area contributed by atoms with E-state index in [0.717, 1.165) is 19.3 Å². The van der Waals surface area contributed by atoms with Crippen molar-refractivity contribution in [2.45, 2.75) is 201 Å². The Morgan fingerprint density at radius 1 is 0.500 bits per heavy atom. The zero-order valence-electron chi connectivity index (χ0n) is 36.7. The van der Waals surface area contributed by atoms with E-state index in [9.17, 15) is 24.0 Å².